The van der Waals surface area contributed by atoms with Crippen molar-refractivity contribution < 1.29 is 27.8 Å². The van der Waals surface area contributed by atoms with Gasteiger partial charge in [0, 0.05) is 28.3 Å². The molecule has 1 N–H and O–H groups in total. The molecule has 0 unspecified atom stereocenters. The van der Waals surface area contributed by atoms with Gasteiger partial charge in [0.2, 0.25) is 0 Å². The number of ether oxygens (including phenoxy) is 1. The molecule has 2 aliphatic heterocycles. The molecule has 0 aliphatic carbocycles. The van der Waals surface area contributed by atoms with Gasteiger partial charge >= 0.3 is 6.18 Å². The second kappa shape index (κ2) is 7.88. The first-order chi connectivity index (χ1) is 15.7. The highest BCUT2D eigenvalue weighted by atomic mass is 32.1. The first kappa shape index (κ1) is 22.0. The van der Waals surface area contributed by atoms with Gasteiger partial charge in [-0.25, -0.2) is 0 Å². The van der Waals surface area contributed by atoms with Crippen LogP contribution in [0.4, 0.5) is 13.2 Å². The summed E-state index contributed by atoms with van der Waals surface area (Å²) in [6.07, 6.45) is -1.27. The van der Waals surface area contributed by atoms with Gasteiger partial charge in [0.25, 0.3) is 11.5 Å². The Morgan fingerprint density at radius 2 is 1.88 bits per heavy atom. The largest absolute Gasteiger partial charge is 0.508 e. The normalized spacial score (nSPS) is 22.3. The van der Waals surface area contributed by atoms with Gasteiger partial charge in [-0.05, 0) is 54.5 Å². The molecule has 1 fully saturated rings. The van der Waals surface area contributed by atoms with Crippen molar-refractivity contribution in [2.75, 3.05) is 7.11 Å². The first-order valence-corrected chi connectivity index (χ1v) is 11.5. The fourth-order valence-electron chi connectivity index (χ4n) is 5.10. The van der Waals surface area contributed by atoms with Crippen molar-refractivity contribution in [1.82, 2.24) is 4.90 Å². The Hall–Kier alpha value is -2.84. The molecular weight excluding hydrogens is 451 g/mol. The van der Waals surface area contributed by atoms with Gasteiger partial charge in [0.15, 0.2) is 0 Å². The van der Waals surface area contributed by atoms with Crippen LogP contribution in [0, 0.1) is 0 Å². The van der Waals surface area contributed by atoms with Crippen LogP contribution in [0.1, 0.15) is 29.7 Å². The van der Waals surface area contributed by atoms with Gasteiger partial charge in [-0.1, -0.05) is 36.4 Å². The third-order valence-corrected chi connectivity index (χ3v) is 7.82. The number of methoxy groups -OCH3 is 1. The molecular formula is C25H22F3NO3S. The van der Waals surface area contributed by atoms with Crippen LogP contribution >= 0.6 is 11.3 Å². The van der Waals surface area contributed by atoms with Gasteiger partial charge < -0.3 is 14.7 Å². The number of fused-ring (bicyclic) bond motifs is 3. The number of rotatable bonds is 4. The van der Waals surface area contributed by atoms with E-state index in [0.29, 0.717) is 19.3 Å². The number of alkyl halides is 3. The van der Waals surface area contributed by atoms with Crippen molar-refractivity contribution in [3.8, 4) is 5.75 Å². The Bertz CT molecular complexity index is 1240. The molecule has 3 aromatic rings. The van der Waals surface area contributed by atoms with E-state index in [1.54, 1.807) is 29.5 Å². The zero-order valence-corrected chi connectivity index (χ0v) is 18.6. The predicted molar refractivity (Wildman–Crippen MR) is 121 cm³/mol. The van der Waals surface area contributed by atoms with E-state index in [0.717, 1.165) is 27.6 Å². The van der Waals surface area contributed by atoms with Crippen molar-refractivity contribution in [3.63, 3.8) is 0 Å². The van der Waals surface area contributed by atoms with Crippen molar-refractivity contribution in [3.05, 3.63) is 71.1 Å². The van der Waals surface area contributed by atoms with E-state index >= 15 is 0 Å². The topological polar surface area (TPSA) is 49.8 Å². The van der Waals surface area contributed by atoms with Gasteiger partial charge in [-0.2, -0.15) is 13.2 Å². The molecule has 172 valence electrons. The lowest BCUT2D eigenvalue weighted by atomic mass is 9.88. The standard InChI is InChI=1S/C25H22F3NO3S/c1-32-24(25(26,27)28,17-5-3-2-4-6-17)23(31)29-18-7-8-19(29)12-15(11-18)22-14-16-13-20(30)9-10-21(16)33-22/h2-6,9-11,13-14,18-19,30H,7-8,12H2,1H3/t18-,19+,24+/m0/s1. The maximum absolute atomic E-state index is 14.4. The Balaban J connectivity index is 1.52. The number of benzene rings is 2. The molecule has 33 heavy (non-hydrogen) atoms. The van der Waals surface area contributed by atoms with Crippen LogP contribution in [0.15, 0.2) is 60.7 Å². The van der Waals surface area contributed by atoms with Crippen molar-refractivity contribution in [2.24, 2.45) is 0 Å². The summed E-state index contributed by atoms with van der Waals surface area (Å²) in [7, 11) is 0.943. The summed E-state index contributed by atoms with van der Waals surface area (Å²) in [4.78, 5) is 16.0. The average molecular weight is 474 g/mol. The summed E-state index contributed by atoms with van der Waals surface area (Å²) < 4.78 is 49.3. The lowest BCUT2D eigenvalue weighted by molar-refractivity contribution is -0.271. The first-order valence-electron chi connectivity index (χ1n) is 10.7. The Morgan fingerprint density at radius 3 is 2.55 bits per heavy atom. The summed E-state index contributed by atoms with van der Waals surface area (Å²) in [5.74, 6) is -0.877. The van der Waals surface area contributed by atoms with Crippen LogP contribution < -0.4 is 0 Å². The summed E-state index contributed by atoms with van der Waals surface area (Å²) in [5, 5.41) is 10.7. The summed E-state index contributed by atoms with van der Waals surface area (Å²) in [5.41, 5.74) is -2.24. The maximum atomic E-state index is 14.4. The highest BCUT2D eigenvalue weighted by Gasteiger charge is 2.65. The van der Waals surface area contributed by atoms with Crippen LogP contribution in [0.3, 0.4) is 0 Å². The Labute approximate surface area is 192 Å². The Morgan fingerprint density at radius 1 is 1.12 bits per heavy atom. The monoisotopic (exact) mass is 473 g/mol. The molecule has 4 nitrogen and oxygen atoms in total. The zero-order chi connectivity index (χ0) is 23.4. The summed E-state index contributed by atoms with van der Waals surface area (Å²) in [6, 6.07) is 13.5. The highest BCUT2D eigenvalue weighted by molar-refractivity contribution is 7.20. The highest BCUT2D eigenvalue weighted by Crippen LogP contribution is 2.48. The van der Waals surface area contributed by atoms with Crippen molar-refractivity contribution >= 4 is 32.9 Å². The molecule has 1 aromatic heterocycles. The summed E-state index contributed by atoms with van der Waals surface area (Å²) in [6.45, 7) is 0. The number of thiophene rings is 1. The van der Waals surface area contributed by atoms with Gasteiger partial charge in [0.1, 0.15) is 5.75 Å². The quantitative estimate of drug-likeness (QED) is 0.517. The number of hydrogen-bond acceptors (Lipinski definition) is 4. The van der Waals surface area contributed by atoms with Crippen molar-refractivity contribution in [2.45, 2.75) is 43.1 Å². The van der Waals surface area contributed by atoms with Gasteiger partial charge in [-0.3, -0.25) is 4.79 Å². The van der Waals surface area contributed by atoms with E-state index in [1.807, 2.05) is 18.2 Å². The molecule has 3 atom stereocenters. The van der Waals surface area contributed by atoms with E-state index in [9.17, 15) is 23.1 Å². The van der Waals surface area contributed by atoms with E-state index < -0.39 is 23.7 Å². The number of carbonyl (C=O) groups is 1. The number of aromatic hydroxyl groups is 1. The van der Waals surface area contributed by atoms with Gasteiger partial charge in [-0.15, -0.1) is 11.3 Å². The molecule has 0 spiro atoms. The molecule has 5 rings (SSSR count). The summed E-state index contributed by atoms with van der Waals surface area (Å²) >= 11 is 1.58. The molecule has 2 bridgehead atoms. The van der Waals surface area contributed by atoms with E-state index in [4.69, 9.17) is 4.74 Å². The number of nitrogens with zero attached hydrogens (tertiary/aromatic N) is 1. The molecule has 8 heteroatoms. The number of phenols is 1. The number of amides is 1. The van der Waals surface area contributed by atoms with Crippen LogP contribution in [-0.2, 0) is 15.1 Å². The van der Waals surface area contributed by atoms with E-state index in [2.05, 4.69) is 0 Å². The van der Waals surface area contributed by atoms with Crippen molar-refractivity contribution in [1.29, 1.82) is 0 Å². The van der Waals surface area contributed by atoms with E-state index in [-0.39, 0.29) is 17.4 Å². The van der Waals surface area contributed by atoms with Crippen LogP contribution in [-0.4, -0.2) is 41.3 Å². The molecule has 2 aromatic carbocycles. The third kappa shape index (κ3) is 3.43. The van der Waals surface area contributed by atoms with Crippen LogP contribution in [0.5, 0.6) is 5.75 Å². The van der Waals surface area contributed by atoms with Gasteiger partial charge in [0.05, 0.1) is 6.04 Å². The second-order valence-corrected chi connectivity index (χ2v) is 9.57. The molecule has 3 heterocycles. The minimum absolute atomic E-state index is 0.185. The average Bonchev–Trinajstić information content (AvgIpc) is 3.31. The number of hydrogen-bond donors (Lipinski definition) is 1. The van der Waals surface area contributed by atoms with Crippen LogP contribution in [0.25, 0.3) is 15.7 Å². The number of halogens is 3. The third-order valence-electron chi connectivity index (χ3n) is 6.63. The lowest BCUT2D eigenvalue weighted by Crippen LogP contribution is -2.59. The smallest absolute Gasteiger partial charge is 0.430 e. The number of carbonyl (C=O) groups excluding carboxylic acids is 1. The molecule has 1 saturated heterocycles. The molecule has 2 aliphatic rings. The van der Waals surface area contributed by atoms with Crippen LogP contribution in [0.2, 0.25) is 0 Å². The minimum Gasteiger partial charge on any atom is -0.508 e. The molecule has 0 radical (unpaired) electrons. The zero-order valence-electron chi connectivity index (χ0n) is 17.8. The SMILES string of the molecule is CO[C@@](C(=O)N1[C@@H]2CC[C@H]1C=C(c1cc3cc(O)ccc3s1)C2)(c1ccccc1)C(F)(F)F. The maximum Gasteiger partial charge on any atom is 0.430 e. The fraction of sp³-hybridized carbons (Fsp3) is 0.320. The number of phenolic OH excluding ortho intramolecular Hbond substituents is 1. The molecule has 1 amide bonds. The minimum atomic E-state index is -4.92. The predicted octanol–water partition coefficient (Wildman–Crippen LogP) is 5.86. The lowest BCUT2D eigenvalue weighted by Gasteiger charge is -2.42. The van der Waals surface area contributed by atoms with E-state index in [1.165, 1.54) is 29.2 Å². The second-order valence-electron chi connectivity index (χ2n) is 8.49. The fourth-order valence-corrected chi connectivity index (χ4v) is 6.18. The molecule has 0 saturated carbocycles. The Kier molecular flexibility index (Phi) is 5.25.